The van der Waals surface area contributed by atoms with Crippen LogP contribution in [0.4, 0.5) is 5.82 Å². The summed E-state index contributed by atoms with van der Waals surface area (Å²) in [6.45, 7) is 6.49. The lowest BCUT2D eigenvalue weighted by Gasteiger charge is -2.26. The minimum Gasteiger partial charge on any atom is -0.352 e. The summed E-state index contributed by atoms with van der Waals surface area (Å²) < 4.78 is 2.19. The summed E-state index contributed by atoms with van der Waals surface area (Å²) in [5, 5.41) is 2.79. The molecule has 0 bridgehead atoms. The molecule has 0 saturated carbocycles. The molecule has 3 heterocycles. The Balaban J connectivity index is 1.72. The molecule has 0 aliphatic carbocycles. The summed E-state index contributed by atoms with van der Waals surface area (Å²) in [6.07, 6.45) is 7.85. The number of pyridine rings is 1. The molecule has 1 N–H and O–H groups in total. The first-order valence-electron chi connectivity index (χ1n) is 8.17. The highest BCUT2D eigenvalue weighted by Crippen LogP contribution is 2.25. The third kappa shape index (κ3) is 3.36. The Morgan fingerprint density at radius 2 is 2.26 bits per heavy atom. The molecule has 2 aromatic rings. The third-order valence-corrected chi connectivity index (χ3v) is 4.35. The van der Waals surface area contributed by atoms with Crippen molar-refractivity contribution in [1.82, 2.24) is 19.9 Å². The van der Waals surface area contributed by atoms with Crippen LogP contribution in [0.15, 0.2) is 30.7 Å². The molecule has 0 radical (unpaired) electrons. The molecule has 1 amide bonds. The van der Waals surface area contributed by atoms with E-state index in [0.717, 1.165) is 37.6 Å². The number of hydrogen-bond donors (Lipinski definition) is 1. The Morgan fingerprint density at radius 3 is 2.91 bits per heavy atom. The van der Waals surface area contributed by atoms with E-state index in [1.807, 2.05) is 38.4 Å². The highest BCUT2D eigenvalue weighted by molar-refractivity contribution is 5.94. The Labute approximate surface area is 136 Å². The molecule has 1 aliphatic rings. The van der Waals surface area contributed by atoms with Gasteiger partial charge < -0.3 is 14.8 Å². The van der Waals surface area contributed by atoms with Crippen LogP contribution >= 0.6 is 0 Å². The summed E-state index contributed by atoms with van der Waals surface area (Å²) in [5.74, 6) is 1.91. The maximum Gasteiger partial charge on any atom is 0.252 e. The van der Waals surface area contributed by atoms with Crippen molar-refractivity contribution in [3.8, 4) is 0 Å². The summed E-state index contributed by atoms with van der Waals surface area (Å²) in [7, 11) is 0. The van der Waals surface area contributed by atoms with Crippen LogP contribution in [-0.4, -0.2) is 39.6 Å². The molecular formula is C17H23N5O. The van der Waals surface area contributed by atoms with Crippen molar-refractivity contribution in [1.29, 1.82) is 0 Å². The van der Waals surface area contributed by atoms with E-state index in [4.69, 9.17) is 0 Å². The van der Waals surface area contributed by atoms with Crippen molar-refractivity contribution in [3.63, 3.8) is 0 Å². The fourth-order valence-corrected chi connectivity index (χ4v) is 3.10. The van der Waals surface area contributed by atoms with Crippen LogP contribution in [0, 0.1) is 6.92 Å². The standard InChI is InChI=1S/C17H23N5O/c1-3-18-17(23)14-6-7-16(20-11-14)22-9-4-5-15(22)12-21-10-8-19-13(21)2/h6-8,10-11,15H,3-5,9,12H2,1-2H3,(H,18,23)/t15-/m1/s1. The maximum atomic E-state index is 11.8. The maximum absolute atomic E-state index is 11.8. The topological polar surface area (TPSA) is 63.1 Å². The molecule has 3 rings (SSSR count). The Bertz CT molecular complexity index is 664. The summed E-state index contributed by atoms with van der Waals surface area (Å²) >= 11 is 0. The van der Waals surface area contributed by atoms with E-state index in [2.05, 4.69) is 24.8 Å². The molecule has 0 unspecified atom stereocenters. The van der Waals surface area contributed by atoms with E-state index in [0.29, 0.717) is 18.2 Å². The molecule has 122 valence electrons. The second-order valence-corrected chi connectivity index (χ2v) is 5.88. The number of hydrogen-bond acceptors (Lipinski definition) is 4. The van der Waals surface area contributed by atoms with Crippen LogP contribution in [0.5, 0.6) is 0 Å². The first-order valence-corrected chi connectivity index (χ1v) is 8.17. The second kappa shape index (κ2) is 6.81. The van der Waals surface area contributed by atoms with E-state index in [-0.39, 0.29) is 5.91 Å². The number of rotatable bonds is 5. The van der Waals surface area contributed by atoms with Crippen LogP contribution in [0.3, 0.4) is 0 Å². The zero-order valence-electron chi connectivity index (χ0n) is 13.7. The molecule has 6 heteroatoms. The normalized spacial score (nSPS) is 17.5. The SMILES string of the molecule is CCNC(=O)c1ccc(N2CCC[C@@H]2Cn2ccnc2C)nc1. The van der Waals surface area contributed by atoms with Gasteiger partial charge in [0.1, 0.15) is 11.6 Å². The largest absolute Gasteiger partial charge is 0.352 e. The fourth-order valence-electron chi connectivity index (χ4n) is 3.10. The van der Waals surface area contributed by atoms with Crippen molar-refractivity contribution in [3.05, 3.63) is 42.1 Å². The number of nitrogens with one attached hydrogen (secondary N) is 1. The van der Waals surface area contributed by atoms with Crippen LogP contribution in [0.1, 0.15) is 35.9 Å². The number of nitrogens with zero attached hydrogens (tertiary/aromatic N) is 4. The van der Waals surface area contributed by atoms with E-state index in [1.165, 1.54) is 0 Å². The number of carbonyl (C=O) groups excluding carboxylic acids is 1. The molecular weight excluding hydrogens is 290 g/mol. The van der Waals surface area contributed by atoms with Crippen LogP contribution < -0.4 is 10.2 Å². The number of aromatic nitrogens is 3. The van der Waals surface area contributed by atoms with Crippen LogP contribution in [-0.2, 0) is 6.54 Å². The predicted molar refractivity (Wildman–Crippen MR) is 89.6 cm³/mol. The Hall–Kier alpha value is -2.37. The molecule has 1 saturated heterocycles. The first kappa shape index (κ1) is 15.5. The Morgan fingerprint density at radius 1 is 1.39 bits per heavy atom. The zero-order chi connectivity index (χ0) is 16.2. The molecule has 1 atom stereocenters. The van der Waals surface area contributed by atoms with Gasteiger partial charge >= 0.3 is 0 Å². The van der Waals surface area contributed by atoms with E-state index in [9.17, 15) is 4.79 Å². The van der Waals surface area contributed by atoms with Crippen molar-refractivity contribution < 1.29 is 4.79 Å². The van der Waals surface area contributed by atoms with Crippen molar-refractivity contribution >= 4 is 11.7 Å². The minimum absolute atomic E-state index is 0.0708. The first-order chi connectivity index (χ1) is 11.2. The minimum atomic E-state index is -0.0708. The summed E-state index contributed by atoms with van der Waals surface area (Å²) in [6, 6.07) is 4.22. The zero-order valence-corrected chi connectivity index (χ0v) is 13.7. The average Bonchev–Trinajstić information content (AvgIpc) is 3.18. The molecule has 6 nitrogen and oxygen atoms in total. The predicted octanol–water partition coefficient (Wildman–Crippen LogP) is 2.01. The van der Waals surface area contributed by atoms with Gasteiger partial charge in [0, 0.05) is 44.3 Å². The highest BCUT2D eigenvalue weighted by Gasteiger charge is 2.26. The second-order valence-electron chi connectivity index (χ2n) is 5.88. The Kier molecular flexibility index (Phi) is 4.60. The lowest BCUT2D eigenvalue weighted by atomic mass is 10.2. The van der Waals surface area contributed by atoms with Crippen molar-refractivity contribution in [2.75, 3.05) is 18.0 Å². The third-order valence-electron chi connectivity index (χ3n) is 4.35. The molecule has 1 aliphatic heterocycles. The number of aryl methyl sites for hydroxylation is 1. The monoisotopic (exact) mass is 313 g/mol. The van der Waals surface area contributed by atoms with E-state index >= 15 is 0 Å². The lowest BCUT2D eigenvalue weighted by molar-refractivity contribution is 0.0955. The molecule has 23 heavy (non-hydrogen) atoms. The summed E-state index contributed by atoms with van der Waals surface area (Å²) in [4.78, 5) is 22.9. The number of carbonyl (C=O) groups is 1. The van der Waals surface area contributed by atoms with Crippen LogP contribution in [0.2, 0.25) is 0 Å². The fraction of sp³-hybridized carbons (Fsp3) is 0.471. The lowest BCUT2D eigenvalue weighted by Crippen LogP contribution is -2.33. The van der Waals surface area contributed by atoms with Gasteiger partial charge in [-0.1, -0.05) is 0 Å². The smallest absolute Gasteiger partial charge is 0.252 e. The van der Waals surface area contributed by atoms with E-state index in [1.54, 1.807) is 6.20 Å². The van der Waals surface area contributed by atoms with Gasteiger partial charge in [0.15, 0.2) is 0 Å². The van der Waals surface area contributed by atoms with Crippen molar-refractivity contribution in [2.45, 2.75) is 39.3 Å². The van der Waals surface area contributed by atoms with Gasteiger partial charge in [-0.2, -0.15) is 0 Å². The average molecular weight is 313 g/mol. The van der Waals surface area contributed by atoms with Gasteiger partial charge in [-0.25, -0.2) is 9.97 Å². The number of anilines is 1. The van der Waals surface area contributed by atoms with E-state index < -0.39 is 0 Å². The quantitative estimate of drug-likeness (QED) is 0.917. The summed E-state index contributed by atoms with van der Waals surface area (Å²) in [5.41, 5.74) is 0.608. The molecule has 0 aromatic carbocycles. The van der Waals surface area contributed by atoms with Gasteiger partial charge in [-0.15, -0.1) is 0 Å². The number of amides is 1. The van der Waals surface area contributed by atoms with Gasteiger partial charge in [-0.3, -0.25) is 4.79 Å². The van der Waals surface area contributed by atoms with Gasteiger partial charge in [-0.05, 0) is 38.8 Å². The molecule has 0 spiro atoms. The molecule has 2 aromatic heterocycles. The van der Waals surface area contributed by atoms with Gasteiger partial charge in [0.25, 0.3) is 5.91 Å². The van der Waals surface area contributed by atoms with Gasteiger partial charge in [0.05, 0.1) is 5.56 Å². The van der Waals surface area contributed by atoms with Crippen molar-refractivity contribution in [2.24, 2.45) is 0 Å². The highest BCUT2D eigenvalue weighted by atomic mass is 16.1. The number of imidazole rings is 1. The van der Waals surface area contributed by atoms with Crippen LogP contribution in [0.25, 0.3) is 0 Å². The molecule has 1 fully saturated rings. The van der Waals surface area contributed by atoms with Gasteiger partial charge in [0.2, 0.25) is 0 Å².